The van der Waals surface area contributed by atoms with Crippen molar-refractivity contribution in [1.29, 1.82) is 0 Å². The molecule has 0 radical (unpaired) electrons. The molecule has 1 unspecified atom stereocenters. The standard InChI is InChI=1S/C17H26ClF2N7O/c1-11(23-15-13(18)9-22-24-15)3-8-28-16-14(21)12(2)27(25-16)7-6-26-5-4-17(19,20)10-26/h9,11H,3-8,10,21H2,1-2H3,(H2,22,23,24). The van der Waals surface area contributed by atoms with Crippen LogP contribution in [0.5, 0.6) is 5.88 Å². The molecule has 0 bridgehead atoms. The summed E-state index contributed by atoms with van der Waals surface area (Å²) in [6.07, 6.45) is 2.15. The maximum atomic E-state index is 13.3. The topological polar surface area (TPSA) is 97.0 Å². The SMILES string of the molecule is Cc1c(N)c(OCCC(C)Nc2[nH]ncc2Cl)nn1CCN1CCC(F)(F)C1. The summed E-state index contributed by atoms with van der Waals surface area (Å²) < 4.78 is 34.0. The first-order valence-electron chi connectivity index (χ1n) is 9.26. The highest BCUT2D eigenvalue weighted by molar-refractivity contribution is 6.32. The van der Waals surface area contributed by atoms with Gasteiger partial charge in [0.15, 0.2) is 0 Å². The van der Waals surface area contributed by atoms with Gasteiger partial charge in [0.05, 0.1) is 31.6 Å². The zero-order valence-corrected chi connectivity index (χ0v) is 16.8. The Hall–Kier alpha value is -2.07. The summed E-state index contributed by atoms with van der Waals surface area (Å²) in [6, 6.07) is 0.0965. The number of likely N-dealkylation sites (tertiary alicyclic amines) is 1. The van der Waals surface area contributed by atoms with Gasteiger partial charge in [-0.25, -0.2) is 8.78 Å². The zero-order valence-electron chi connectivity index (χ0n) is 16.0. The fraction of sp³-hybridized carbons (Fsp3) is 0.647. The van der Waals surface area contributed by atoms with E-state index in [9.17, 15) is 8.78 Å². The van der Waals surface area contributed by atoms with Crippen LogP contribution >= 0.6 is 11.6 Å². The molecule has 1 atom stereocenters. The first kappa shape index (κ1) is 20.7. The van der Waals surface area contributed by atoms with Crippen molar-refractivity contribution < 1.29 is 13.5 Å². The van der Waals surface area contributed by atoms with E-state index in [0.29, 0.717) is 55.1 Å². The Bertz CT molecular complexity index is 795. The van der Waals surface area contributed by atoms with E-state index >= 15 is 0 Å². The van der Waals surface area contributed by atoms with E-state index in [-0.39, 0.29) is 19.0 Å². The summed E-state index contributed by atoms with van der Waals surface area (Å²) in [5.74, 6) is -1.55. The Balaban J connectivity index is 1.47. The number of aromatic nitrogens is 4. The number of anilines is 2. The van der Waals surface area contributed by atoms with Crippen LogP contribution in [-0.2, 0) is 6.54 Å². The predicted molar refractivity (Wildman–Crippen MR) is 104 cm³/mol. The van der Waals surface area contributed by atoms with Crippen molar-refractivity contribution in [3.63, 3.8) is 0 Å². The van der Waals surface area contributed by atoms with Gasteiger partial charge in [-0.3, -0.25) is 14.7 Å². The highest BCUT2D eigenvalue weighted by Gasteiger charge is 2.37. The lowest BCUT2D eigenvalue weighted by atomic mass is 10.2. The Morgan fingerprint density at radius 3 is 2.89 bits per heavy atom. The zero-order chi connectivity index (χ0) is 20.3. The molecule has 1 saturated heterocycles. The molecule has 11 heteroatoms. The number of H-pyrrole nitrogens is 1. The van der Waals surface area contributed by atoms with Crippen molar-refractivity contribution in [2.45, 2.75) is 45.2 Å². The second-order valence-electron chi connectivity index (χ2n) is 7.18. The van der Waals surface area contributed by atoms with Crippen LogP contribution in [0, 0.1) is 6.92 Å². The Morgan fingerprint density at radius 1 is 1.46 bits per heavy atom. The number of hydrogen-bond donors (Lipinski definition) is 3. The van der Waals surface area contributed by atoms with Gasteiger partial charge in [-0.1, -0.05) is 11.6 Å². The summed E-state index contributed by atoms with van der Waals surface area (Å²) in [7, 11) is 0. The molecule has 8 nitrogen and oxygen atoms in total. The van der Waals surface area contributed by atoms with Crippen molar-refractivity contribution in [2.24, 2.45) is 0 Å². The van der Waals surface area contributed by atoms with E-state index < -0.39 is 5.92 Å². The number of hydrogen-bond acceptors (Lipinski definition) is 6. The van der Waals surface area contributed by atoms with Crippen molar-refractivity contribution in [2.75, 3.05) is 37.3 Å². The highest BCUT2D eigenvalue weighted by atomic mass is 35.5. The molecule has 2 aromatic heterocycles. The van der Waals surface area contributed by atoms with Crippen LogP contribution in [0.1, 0.15) is 25.5 Å². The summed E-state index contributed by atoms with van der Waals surface area (Å²) in [4.78, 5) is 1.74. The van der Waals surface area contributed by atoms with E-state index in [1.807, 2.05) is 13.8 Å². The third kappa shape index (κ3) is 5.05. The van der Waals surface area contributed by atoms with Gasteiger partial charge in [-0.05, 0) is 13.8 Å². The highest BCUT2D eigenvalue weighted by Crippen LogP contribution is 2.27. The van der Waals surface area contributed by atoms with Crippen LogP contribution in [0.2, 0.25) is 5.02 Å². The van der Waals surface area contributed by atoms with Crippen LogP contribution in [0.15, 0.2) is 6.20 Å². The number of alkyl halides is 2. The number of aromatic amines is 1. The molecule has 2 aromatic rings. The van der Waals surface area contributed by atoms with Gasteiger partial charge in [0.25, 0.3) is 11.8 Å². The lowest BCUT2D eigenvalue weighted by Crippen LogP contribution is -2.28. The van der Waals surface area contributed by atoms with Crippen LogP contribution in [0.4, 0.5) is 20.3 Å². The summed E-state index contributed by atoms with van der Waals surface area (Å²) in [6.45, 7) is 5.46. The number of nitrogens with two attached hydrogens (primary N) is 1. The molecule has 3 heterocycles. The van der Waals surface area contributed by atoms with Gasteiger partial charge in [-0.15, -0.1) is 5.10 Å². The monoisotopic (exact) mass is 417 g/mol. The van der Waals surface area contributed by atoms with Gasteiger partial charge in [-0.2, -0.15) is 5.10 Å². The fourth-order valence-corrected chi connectivity index (χ4v) is 3.26. The summed E-state index contributed by atoms with van der Waals surface area (Å²) >= 11 is 5.99. The number of ether oxygens (including phenoxy) is 1. The molecule has 0 aromatic carbocycles. The Kier molecular flexibility index (Phi) is 6.29. The lowest BCUT2D eigenvalue weighted by molar-refractivity contribution is 0.0119. The van der Waals surface area contributed by atoms with E-state index in [1.54, 1.807) is 9.58 Å². The molecule has 4 N–H and O–H groups in total. The smallest absolute Gasteiger partial charge is 0.261 e. The average molecular weight is 418 g/mol. The molecule has 1 aliphatic rings. The predicted octanol–water partition coefficient (Wildman–Crippen LogP) is 2.76. The van der Waals surface area contributed by atoms with Gasteiger partial charge >= 0.3 is 0 Å². The molecule has 28 heavy (non-hydrogen) atoms. The van der Waals surface area contributed by atoms with Gasteiger partial charge in [0.2, 0.25) is 0 Å². The molecule has 3 rings (SSSR count). The van der Waals surface area contributed by atoms with Crippen LogP contribution in [0.25, 0.3) is 0 Å². The maximum absolute atomic E-state index is 13.3. The largest absolute Gasteiger partial charge is 0.475 e. The second-order valence-corrected chi connectivity index (χ2v) is 7.59. The molecule has 0 amide bonds. The molecule has 1 fully saturated rings. The van der Waals surface area contributed by atoms with E-state index in [1.165, 1.54) is 6.20 Å². The number of nitrogen functional groups attached to an aromatic ring is 1. The summed E-state index contributed by atoms with van der Waals surface area (Å²) in [5, 5.41) is 14.8. The minimum atomic E-state index is -2.59. The van der Waals surface area contributed by atoms with Crippen LogP contribution < -0.4 is 15.8 Å². The number of nitrogens with zero attached hydrogens (tertiary/aromatic N) is 4. The molecule has 0 spiro atoms. The van der Waals surface area contributed by atoms with Crippen molar-refractivity contribution in [3.8, 4) is 5.88 Å². The van der Waals surface area contributed by atoms with Gasteiger partial charge in [0, 0.05) is 32.0 Å². The molecule has 1 aliphatic heterocycles. The summed E-state index contributed by atoms with van der Waals surface area (Å²) in [5.41, 5.74) is 7.34. The van der Waals surface area contributed by atoms with Gasteiger partial charge in [0.1, 0.15) is 16.5 Å². The molecule has 156 valence electrons. The number of nitrogens with one attached hydrogen (secondary N) is 2. The number of halogens is 3. The van der Waals surface area contributed by atoms with Crippen molar-refractivity contribution >= 4 is 23.1 Å². The second kappa shape index (κ2) is 8.52. The normalized spacial score (nSPS) is 17.8. The van der Waals surface area contributed by atoms with Crippen LogP contribution in [0.3, 0.4) is 0 Å². The number of rotatable bonds is 9. The maximum Gasteiger partial charge on any atom is 0.261 e. The van der Waals surface area contributed by atoms with E-state index in [4.69, 9.17) is 22.1 Å². The Morgan fingerprint density at radius 2 is 2.25 bits per heavy atom. The molecule has 0 aliphatic carbocycles. The van der Waals surface area contributed by atoms with E-state index in [2.05, 4.69) is 20.6 Å². The van der Waals surface area contributed by atoms with Crippen molar-refractivity contribution in [3.05, 3.63) is 16.9 Å². The third-order valence-corrected chi connectivity index (χ3v) is 5.16. The van der Waals surface area contributed by atoms with Crippen molar-refractivity contribution in [1.82, 2.24) is 24.9 Å². The van der Waals surface area contributed by atoms with E-state index in [0.717, 1.165) is 5.69 Å². The fourth-order valence-electron chi connectivity index (χ4n) is 3.11. The third-order valence-electron chi connectivity index (χ3n) is 4.87. The van der Waals surface area contributed by atoms with Crippen LogP contribution in [-0.4, -0.2) is 63.1 Å². The first-order valence-corrected chi connectivity index (χ1v) is 9.64. The Labute approximate surface area is 167 Å². The molecular weight excluding hydrogens is 392 g/mol. The molecule has 0 saturated carbocycles. The first-order chi connectivity index (χ1) is 13.2. The minimum Gasteiger partial charge on any atom is -0.475 e. The minimum absolute atomic E-state index is 0.0857. The quantitative estimate of drug-likeness (QED) is 0.580. The lowest BCUT2D eigenvalue weighted by Gasteiger charge is -2.15. The molecular formula is C17H26ClF2N7O. The van der Waals surface area contributed by atoms with Gasteiger partial charge < -0.3 is 15.8 Å². The average Bonchev–Trinajstić information content (AvgIpc) is 3.27.